The van der Waals surface area contributed by atoms with E-state index in [4.69, 9.17) is 11.2 Å². The van der Waals surface area contributed by atoms with E-state index in [-0.39, 0.29) is 6.09 Å². The molecule has 1 rings (SSSR count). The Labute approximate surface area is 91.0 Å². The minimum Gasteiger partial charge on any atom is -0.444 e. The largest absolute Gasteiger partial charge is 0.444 e. The molecule has 0 aromatic rings. The molecule has 1 amide bonds. The van der Waals surface area contributed by atoms with Crippen LogP contribution in [0.1, 0.15) is 27.7 Å². The van der Waals surface area contributed by atoms with Crippen LogP contribution in [0.5, 0.6) is 0 Å². The fraction of sp³-hybridized carbons (Fsp3) is 0.727. The van der Waals surface area contributed by atoms with Crippen molar-refractivity contribution in [2.75, 3.05) is 13.2 Å². The van der Waals surface area contributed by atoms with Crippen LogP contribution in [0.25, 0.3) is 0 Å². The molecule has 0 aliphatic carbocycles. The zero-order valence-corrected chi connectivity index (χ0v) is 9.76. The fourth-order valence-corrected chi connectivity index (χ4v) is 1.39. The molecule has 0 saturated carbocycles. The zero-order valence-electron chi connectivity index (χ0n) is 9.76. The maximum absolute atomic E-state index is 11.8. The first-order chi connectivity index (χ1) is 6.78. The monoisotopic (exact) mass is 210 g/mol. The summed E-state index contributed by atoms with van der Waals surface area (Å²) in [5, 5.41) is 3.06. The number of ether oxygens (including phenoxy) is 1. The first kappa shape index (κ1) is 11.9. The van der Waals surface area contributed by atoms with Gasteiger partial charge in [-0.1, -0.05) is 5.92 Å². The number of nitrogens with zero attached hydrogens (tertiary/aromatic N) is 1. The standard InChI is InChI=1S/C11H18N2O2/c1-6-11(5)7-12-8-13(11)9(14)15-10(2,3)4/h1,12H,7-8H2,2-5H3/t11-/m0/s1. The van der Waals surface area contributed by atoms with Crippen LogP contribution in [0.15, 0.2) is 0 Å². The van der Waals surface area contributed by atoms with Crippen LogP contribution in [-0.2, 0) is 4.74 Å². The van der Waals surface area contributed by atoms with Crippen molar-refractivity contribution in [3.05, 3.63) is 0 Å². The van der Waals surface area contributed by atoms with Crippen LogP contribution in [0, 0.1) is 12.3 Å². The second-order valence-electron chi connectivity index (χ2n) is 4.91. The van der Waals surface area contributed by atoms with E-state index in [0.29, 0.717) is 13.2 Å². The normalized spacial score (nSPS) is 26.2. The maximum Gasteiger partial charge on any atom is 0.412 e. The number of nitrogens with one attached hydrogen (secondary N) is 1. The highest BCUT2D eigenvalue weighted by atomic mass is 16.6. The van der Waals surface area contributed by atoms with Gasteiger partial charge in [-0.15, -0.1) is 6.42 Å². The van der Waals surface area contributed by atoms with Crippen LogP contribution in [0.4, 0.5) is 4.79 Å². The van der Waals surface area contributed by atoms with Crippen molar-refractivity contribution in [1.82, 2.24) is 10.2 Å². The van der Waals surface area contributed by atoms with E-state index < -0.39 is 11.1 Å². The molecule has 1 heterocycles. The smallest absolute Gasteiger partial charge is 0.412 e. The van der Waals surface area contributed by atoms with Gasteiger partial charge in [0.05, 0.1) is 6.67 Å². The molecule has 4 heteroatoms. The summed E-state index contributed by atoms with van der Waals surface area (Å²) in [6.45, 7) is 8.39. The molecular formula is C11H18N2O2. The summed E-state index contributed by atoms with van der Waals surface area (Å²) in [6.07, 6.45) is 5.05. The van der Waals surface area contributed by atoms with Gasteiger partial charge in [0.15, 0.2) is 0 Å². The molecule has 0 unspecified atom stereocenters. The van der Waals surface area contributed by atoms with E-state index in [1.54, 1.807) is 0 Å². The number of hydrogen-bond donors (Lipinski definition) is 1. The fourth-order valence-electron chi connectivity index (χ4n) is 1.39. The van der Waals surface area contributed by atoms with Crippen LogP contribution in [-0.4, -0.2) is 35.3 Å². The lowest BCUT2D eigenvalue weighted by molar-refractivity contribution is 0.0184. The third-order valence-electron chi connectivity index (χ3n) is 2.26. The van der Waals surface area contributed by atoms with Gasteiger partial charge in [0, 0.05) is 6.54 Å². The molecule has 0 bridgehead atoms. The van der Waals surface area contributed by atoms with E-state index in [1.807, 2.05) is 27.7 Å². The molecule has 0 aromatic heterocycles. The van der Waals surface area contributed by atoms with E-state index in [9.17, 15) is 4.79 Å². The highest BCUT2D eigenvalue weighted by molar-refractivity contribution is 5.70. The Morgan fingerprint density at radius 1 is 1.60 bits per heavy atom. The molecule has 1 saturated heterocycles. The number of hydrogen-bond acceptors (Lipinski definition) is 3. The molecule has 1 aliphatic heterocycles. The summed E-state index contributed by atoms with van der Waals surface area (Å²) in [7, 11) is 0. The van der Waals surface area contributed by atoms with Crippen molar-refractivity contribution in [3.8, 4) is 12.3 Å². The quantitative estimate of drug-likeness (QED) is 0.610. The third kappa shape index (κ3) is 2.63. The average molecular weight is 210 g/mol. The molecular weight excluding hydrogens is 192 g/mol. The number of terminal acetylenes is 1. The van der Waals surface area contributed by atoms with Gasteiger partial charge < -0.3 is 4.74 Å². The van der Waals surface area contributed by atoms with Crippen molar-refractivity contribution in [2.45, 2.75) is 38.8 Å². The Hall–Kier alpha value is -1.21. The number of rotatable bonds is 0. The van der Waals surface area contributed by atoms with Crippen molar-refractivity contribution in [1.29, 1.82) is 0 Å². The van der Waals surface area contributed by atoms with Crippen LogP contribution >= 0.6 is 0 Å². The maximum atomic E-state index is 11.8. The molecule has 0 spiro atoms. The molecule has 4 nitrogen and oxygen atoms in total. The Bertz CT molecular complexity index is 301. The molecule has 1 fully saturated rings. The minimum atomic E-state index is -0.581. The molecule has 1 aliphatic rings. The lowest BCUT2D eigenvalue weighted by Gasteiger charge is -2.31. The molecule has 84 valence electrons. The zero-order chi connectivity index (χ0) is 11.7. The predicted octanol–water partition coefficient (Wildman–Crippen LogP) is 1.18. The van der Waals surface area contributed by atoms with E-state index in [1.165, 1.54) is 4.90 Å². The second-order valence-corrected chi connectivity index (χ2v) is 4.91. The third-order valence-corrected chi connectivity index (χ3v) is 2.26. The topological polar surface area (TPSA) is 41.6 Å². The van der Waals surface area contributed by atoms with Gasteiger partial charge in [-0.2, -0.15) is 0 Å². The molecule has 15 heavy (non-hydrogen) atoms. The SMILES string of the molecule is C#C[C@@]1(C)CNCN1C(=O)OC(C)(C)C. The van der Waals surface area contributed by atoms with Gasteiger partial charge in [0.25, 0.3) is 0 Å². The summed E-state index contributed by atoms with van der Waals surface area (Å²) < 4.78 is 5.27. The van der Waals surface area contributed by atoms with Crippen molar-refractivity contribution in [2.24, 2.45) is 0 Å². The lowest BCUT2D eigenvalue weighted by Crippen LogP contribution is -2.47. The summed E-state index contributed by atoms with van der Waals surface area (Å²) in [5.41, 5.74) is -1.07. The van der Waals surface area contributed by atoms with Crippen molar-refractivity contribution >= 4 is 6.09 Å². The summed E-state index contributed by atoms with van der Waals surface area (Å²) in [4.78, 5) is 13.3. The van der Waals surface area contributed by atoms with Gasteiger partial charge in [-0.25, -0.2) is 4.79 Å². The summed E-state index contributed by atoms with van der Waals surface area (Å²) >= 11 is 0. The first-order valence-corrected chi connectivity index (χ1v) is 4.98. The second kappa shape index (κ2) is 3.74. The van der Waals surface area contributed by atoms with E-state index >= 15 is 0 Å². The van der Waals surface area contributed by atoms with Gasteiger partial charge in [0.1, 0.15) is 11.1 Å². The van der Waals surface area contributed by atoms with Gasteiger partial charge in [-0.3, -0.25) is 10.2 Å². The van der Waals surface area contributed by atoms with Crippen LogP contribution in [0.2, 0.25) is 0 Å². The predicted molar refractivity (Wildman–Crippen MR) is 58.2 cm³/mol. The van der Waals surface area contributed by atoms with Gasteiger partial charge >= 0.3 is 6.09 Å². The van der Waals surface area contributed by atoms with Crippen LogP contribution in [0.3, 0.4) is 0 Å². The van der Waals surface area contributed by atoms with Gasteiger partial charge in [0.2, 0.25) is 0 Å². The Balaban J connectivity index is 2.73. The van der Waals surface area contributed by atoms with Gasteiger partial charge in [-0.05, 0) is 27.7 Å². The molecule has 1 N–H and O–H groups in total. The first-order valence-electron chi connectivity index (χ1n) is 4.98. The Morgan fingerprint density at radius 2 is 2.20 bits per heavy atom. The summed E-state index contributed by atoms with van der Waals surface area (Å²) in [6, 6.07) is 0. The Morgan fingerprint density at radius 3 is 2.67 bits per heavy atom. The van der Waals surface area contributed by atoms with E-state index in [2.05, 4.69) is 11.2 Å². The van der Waals surface area contributed by atoms with Crippen LogP contribution < -0.4 is 5.32 Å². The number of carbonyl (C=O) groups is 1. The lowest BCUT2D eigenvalue weighted by atomic mass is 10.0. The molecule has 0 radical (unpaired) electrons. The minimum absolute atomic E-state index is 0.368. The van der Waals surface area contributed by atoms with Crippen molar-refractivity contribution < 1.29 is 9.53 Å². The molecule has 0 aromatic carbocycles. The molecule has 1 atom stereocenters. The Kier molecular flexibility index (Phi) is 2.96. The number of amides is 1. The van der Waals surface area contributed by atoms with E-state index in [0.717, 1.165) is 0 Å². The summed E-state index contributed by atoms with van der Waals surface area (Å²) in [5.74, 6) is 2.62. The highest BCUT2D eigenvalue weighted by Crippen LogP contribution is 2.20. The average Bonchev–Trinajstić information content (AvgIpc) is 2.45. The van der Waals surface area contributed by atoms with Crippen molar-refractivity contribution in [3.63, 3.8) is 0 Å². The highest BCUT2D eigenvalue weighted by Gasteiger charge is 2.40. The number of carbonyl (C=O) groups excluding carboxylic acids is 1.